The number of aromatic nitrogens is 2. The van der Waals surface area contributed by atoms with E-state index in [1.165, 1.54) is 0 Å². The van der Waals surface area contributed by atoms with Gasteiger partial charge in [-0.25, -0.2) is 9.78 Å². The Morgan fingerprint density at radius 2 is 2.06 bits per heavy atom. The van der Waals surface area contributed by atoms with Gasteiger partial charge in [0.15, 0.2) is 6.29 Å². The van der Waals surface area contributed by atoms with Crippen LogP contribution in [-0.2, 0) is 27.2 Å². The summed E-state index contributed by atoms with van der Waals surface area (Å²) in [4.78, 5) is 16.5. The molecule has 1 fully saturated rings. The first-order chi connectivity index (χ1) is 15.7. The molecule has 7 nitrogen and oxygen atoms in total. The molecule has 1 aromatic heterocycles. The summed E-state index contributed by atoms with van der Waals surface area (Å²) in [5, 5.41) is 2.89. The molecule has 3 aromatic rings. The van der Waals surface area contributed by atoms with E-state index in [9.17, 15) is 4.79 Å². The van der Waals surface area contributed by atoms with Crippen molar-refractivity contribution in [1.82, 2.24) is 9.55 Å². The van der Waals surface area contributed by atoms with Crippen molar-refractivity contribution < 1.29 is 19.0 Å². The molecule has 0 saturated carbocycles. The fourth-order valence-corrected chi connectivity index (χ4v) is 3.90. The zero-order valence-corrected chi connectivity index (χ0v) is 18.3. The average molecular weight is 436 g/mol. The number of anilines is 1. The SMILES string of the molecule is CCOC(=O)Nc1ccc(-n2ccnc2)c(Cc2ccccc2)c1COC1CCCCO1. The predicted octanol–water partition coefficient (Wildman–Crippen LogP) is 5.07. The topological polar surface area (TPSA) is 74.6 Å². The monoisotopic (exact) mass is 435 g/mol. The number of amides is 1. The summed E-state index contributed by atoms with van der Waals surface area (Å²) in [6.07, 6.45) is 8.42. The minimum Gasteiger partial charge on any atom is -0.450 e. The third kappa shape index (κ3) is 5.55. The van der Waals surface area contributed by atoms with Crippen LogP contribution in [0.4, 0.5) is 10.5 Å². The van der Waals surface area contributed by atoms with E-state index in [-0.39, 0.29) is 6.29 Å². The average Bonchev–Trinajstić information content (AvgIpc) is 3.35. The highest BCUT2D eigenvalue weighted by atomic mass is 16.7. The molecule has 168 valence electrons. The Kier molecular flexibility index (Phi) is 7.53. The summed E-state index contributed by atoms with van der Waals surface area (Å²) in [5.74, 6) is 0. The van der Waals surface area contributed by atoms with Crippen molar-refractivity contribution in [3.05, 3.63) is 77.9 Å². The number of carbonyl (C=O) groups excluding carboxylic acids is 1. The zero-order valence-electron chi connectivity index (χ0n) is 18.3. The molecular formula is C25H29N3O4. The van der Waals surface area contributed by atoms with Gasteiger partial charge >= 0.3 is 6.09 Å². The van der Waals surface area contributed by atoms with Crippen molar-refractivity contribution in [2.75, 3.05) is 18.5 Å². The van der Waals surface area contributed by atoms with Crippen LogP contribution in [0, 0.1) is 0 Å². The molecule has 1 amide bonds. The Morgan fingerprint density at radius 3 is 2.78 bits per heavy atom. The van der Waals surface area contributed by atoms with Crippen LogP contribution in [0.2, 0.25) is 0 Å². The Morgan fingerprint density at radius 1 is 1.19 bits per heavy atom. The van der Waals surface area contributed by atoms with Gasteiger partial charge in [0.05, 0.1) is 25.2 Å². The number of rotatable bonds is 8. The summed E-state index contributed by atoms with van der Waals surface area (Å²) < 4.78 is 19.0. The molecule has 32 heavy (non-hydrogen) atoms. The summed E-state index contributed by atoms with van der Waals surface area (Å²) in [7, 11) is 0. The number of nitrogens with one attached hydrogen (secondary N) is 1. The molecule has 1 atom stereocenters. The minimum absolute atomic E-state index is 0.235. The third-order valence-electron chi connectivity index (χ3n) is 5.48. The number of benzene rings is 2. The number of ether oxygens (including phenoxy) is 3. The zero-order chi connectivity index (χ0) is 22.2. The lowest BCUT2D eigenvalue weighted by molar-refractivity contribution is -0.168. The van der Waals surface area contributed by atoms with Crippen molar-refractivity contribution in [2.45, 2.75) is 45.5 Å². The van der Waals surface area contributed by atoms with E-state index in [4.69, 9.17) is 14.2 Å². The number of hydrogen-bond acceptors (Lipinski definition) is 5. The normalized spacial score (nSPS) is 16.0. The van der Waals surface area contributed by atoms with Gasteiger partial charge in [-0.3, -0.25) is 5.32 Å². The molecule has 2 heterocycles. The van der Waals surface area contributed by atoms with E-state index in [0.717, 1.165) is 41.6 Å². The highest BCUT2D eigenvalue weighted by molar-refractivity contribution is 5.86. The molecule has 0 radical (unpaired) electrons. The maximum atomic E-state index is 12.2. The molecule has 1 aliphatic rings. The van der Waals surface area contributed by atoms with E-state index >= 15 is 0 Å². The molecular weight excluding hydrogens is 406 g/mol. The fraction of sp³-hybridized carbons (Fsp3) is 0.360. The van der Waals surface area contributed by atoms with Crippen LogP contribution in [0.3, 0.4) is 0 Å². The second-order valence-electron chi connectivity index (χ2n) is 7.67. The van der Waals surface area contributed by atoms with Gasteiger partial charge in [0, 0.05) is 30.3 Å². The van der Waals surface area contributed by atoms with E-state index in [1.807, 2.05) is 41.1 Å². The second-order valence-corrected chi connectivity index (χ2v) is 7.67. The van der Waals surface area contributed by atoms with Gasteiger partial charge in [0.2, 0.25) is 0 Å². The fourth-order valence-electron chi connectivity index (χ4n) is 3.90. The highest BCUT2D eigenvalue weighted by Gasteiger charge is 2.20. The lowest BCUT2D eigenvalue weighted by Crippen LogP contribution is -2.23. The number of nitrogens with zero attached hydrogens (tertiary/aromatic N) is 2. The molecule has 1 saturated heterocycles. The second kappa shape index (κ2) is 10.9. The van der Waals surface area contributed by atoms with Gasteiger partial charge in [-0.2, -0.15) is 0 Å². The Hall–Kier alpha value is -3.16. The van der Waals surface area contributed by atoms with Crippen LogP contribution < -0.4 is 5.32 Å². The molecule has 0 bridgehead atoms. The number of imidazole rings is 1. The summed E-state index contributed by atoms with van der Waals surface area (Å²) in [5.41, 5.74) is 4.79. The van der Waals surface area contributed by atoms with E-state index in [2.05, 4.69) is 22.4 Å². The van der Waals surface area contributed by atoms with Crippen LogP contribution in [0.15, 0.2) is 61.2 Å². The lowest BCUT2D eigenvalue weighted by atomic mass is 9.96. The maximum Gasteiger partial charge on any atom is 0.411 e. The van der Waals surface area contributed by atoms with Crippen LogP contribution in [-0.4, -0.2) is 35.1 Å². The van der Waals surface area contributed by atoms with Crippen molar-refractivity contribution in [3.8, 4) is 5.69 Å². The van der Waals surface area contributed by atoms with Gasteiger partial charge < -0.3 is 18.8 Å². The third-order valence-corrected chi connectivity index (χ3v) is 5.48. The molecule has 0 aliphatic carbocycles. The van der Waals surface area contributed by atoms with Gasteiger partial charge in [0.25, 0.3) is 0 Å². The maximum absolute atomic E-state index is 12.2. The van der Waals surface area contributed by atoms with Crippen LogP contribution in [0.5, 0.6) is 0 Å². The molecule has 1 aliphatic heterocycles. The van der Waals surface area contributed by atoms with Crippen molar-refractivity contribution >= 4 is 11.8 Å². The predicted molar refractivity (Wildman–Crippen MR) is 122 cm³/mol. The molecule has 0 spiro atoms. The Labute approximate surface area is 188 Å². The van der Waals surface area contributed by atoms with Crippen molar-refractivity contribution in [1.29, 1.82) is 0 Å². The molecule has 2 aromatic carbocycles. The Balaban J connectivity index is 1.73. The van der Waals surface area contributed by atoms with Gasteiger partial charge in [0.1, 0.15) is 0 Å². The standard InChI is InChI=1S/C25H29N3O4/c1-2-30-25(29)27-22-11-12-23(28-14-13-26-18-28)20(16-19-8-4-3-5-9-19)21(22)17-32-24-10-6-7-15-31-24/h3-5,8-9,11-14,18,24H,2,6-7,10,15-17H2,1H3,(H,27,29). The van der Waals surface area contributed by atoms with Crippen molar-refractivity contribution in [3.63, 3.8) is 0 Å². The lowest BCUT2D eigenvalue weighted by Gasteiger charge is -2.25. The van der Waals surface area contributed by atoms with Gasteiger partial charge in [-0.1, -0.05) is 30.3 Å². The van der Waals surface area contributed by atoms with Crippen LogP contribution >= 0.6 is 0 Å². The first kappa shape index (κ1) is 22.0. The molecule has 1 unspecified atom stereocenters. The number of carbonyl (C=O) groups is 1. The molecule has 4 rings (SSSR count). The minimum atomic E-state index is -0.483. The van der Waals surface area contributed by atoms with E-state index < -0.39 is 6.09 Å². The summed E-state index contributed by atoms with van der Waals surface area (Å²) in [6, 6.07) is 14.1. The molecule has 1 N–H and O–H groups in total. The largest absolute Gasteiger partial charge is 0.450 e. The van der Waals surface area contributed by atoms with Crippen molar-refractivity contribution in [2.24, 2.45) is 0 Å². The first-order valence-electron chi connectivity index (χ1n) is 11.1. The first-order valence-corrected chi connectivity index (χ1v) is 11.1. The van der Waals surface area contributed by atoms with E-state index in [0.29, 0.717) is 31.9 Å². The highest BCUT2D eigenvalue weighted by Crippen LogP contribution is 2.31. The molecule has 7 heteroatoms. The van der Waals surface area contributed by atoms with E-state index in [1.54, 1.807) is 19.4 Å². The van der Waals surface area contributed by atoms with Gasteiger partial charge in [-0.15, -0.1) is 0 Å². The van der Waals surface area contributed by atoms with Crippen LogP contribution in [0.25, 0.3) is 5.69 Å². The number of hydrogen-bond donors (Lipinski definition) is 1. The summed E-state index contributed by atoms with van der Waals surface area (Å²) in [6.45, 7) is 3.12. The Bertz CT molecular complexity index is 1000. The smallest absolute Gasteiger partial charge is 0.411 e. The van der Waals surface area contributed by atoms with Crippen LogP contribution in [0.1, 0.15) is 42.9 Å². The quantitative estimate of drug-likeness (QED) is 0.534. The van der Waals surface area contributed by atoms with Gasteiger partial charge in [-0.05, 0) is 55.9 Å². The summed E-state index contributed by atoms with van der Waals surface area (Å²) >= 11 is 0.